The number of carbonyl (C=O) groups excluding carboxylic acids is 1. The molecule has 0 amide bonds. The van der Waals surface area contributed by atoms with Crippen molar-refractivity contribution >= 4 is 38.3 Å². The first-order chi connectivity index (χ1) is 9.35. The van der Waals surface area contributed by atoms with E-state index in [0.29, 0.717) is 0 Å². The lowest BCUT2D eigenvalue weighted by Gasteiger charge is -2.07. The molecule has 0 fully saturated rings. The molecule has 7 nitrogen and oxygen atoms in total. The summed E-state index contributed by atoms with van der Waals surface area (Å²) in [5.74, 6) is -1.97. The number of aliphatic carboxylic acids is 1. The van der Waals surface area contributed by atoms with Crippen molar-refractivity contribution in [3.63, 3.8) is 0 Å². The molecule has 9 heteroatoms. The molecule has 0 unspecified atom stereocenters. The van der Waals surface area contributed by atoms with Gasteiger partial charge >= 0.3 is 11.9 Å². The zero-order valence-electron chi connectivity index (χ0n) is 10.8. The van der Waals surface area contributed by atoms with Crippen molar-refractivity contribution in [3.8, 4) is 0 Å². The average Bonchev–Trinajstić information content (AvgIpc) is 2.75. The van der Waals surface area contributed by atoms with Crippen molar-refractivity contribution in [3.05, 3.63) is 17.0 Å². The summed E-state index contributed by atoms with van der Waals surface area (Å²) in [6, 6.07) is 1.47. The van der Waals surface area contributed by atoms with Crippen molar-refractivity contribution in [1.82, 2.24) is 0 Å². The lowest BCUT2D eigenvalue weighted by molar-refractivity contribution is -0.137. The van der Waals surface area contributed by atoms with Crippen LogP contribution in [0.1, 0.15) is 30.1 Å². The Kier molecular flexibility index (Phi) is 5.96. The quantitative estimate of drug-likeness (QED) is 0.703. The van der Waals surface area contributed by atoms with Crippen LogP contribution in [0.25, 0.3) is 0 Å². The van der Waals surface area contributed by atoms with Gasteiger partial charge in [0.25, 0.3) is 0 Å². The second kappa shape index (κ2) is 7.25. The molecule has 0 saturated heterocycles. The third-order valence-corrected chi connectivity index (χ3v) is 4.51. The van der Waals surface area contributed by atoms with Crippen LogP contribution in [0.2, 0.25) is 0 Å². The number of anilines is 1. The first kappa shape index (κ1) is 16.4. The zero-order valence-corrected chi connectivity index (χ0v) is 12.4. The smallest absolute Gasteiger partial charge is 0.341 e. The predicted molar refractivity (Wildman–Crippen MR) is 74.6 cm³/mol. The first-order valence-electron chi connectivity index (χ1n) is 5.82. The fourth-order valence-corrected chi connectivity index (χ4v) is 3.57. The van der Waals surface area contributed by atoms with Crippen LogP contribution in [0, 0.1) is 0 Å². The molecule has 0 bridgehead atoms. The number of hydrogen-bond acceptors (Lipinski definition) is 6. The molecule has 1 aromatic rings. The molecule has 0 radical (unpaired) electrons. The van der Waals surface area contributed by atoms with Crippen LogP contribution >= 0.6 is 11.3 Å². The second-order valence-corrected chi connectivity index (χ2v) is 6.56. The van der Waals surface area contributed by atoms with Gasteiger partial charge in [0.15, 0.2) is 0 Å². The molecule has 2 N–H and O–H groups in total. The Morgan fingerprint density at radius 3 is 2.75 bits per heavy atom. The van der Waals surface area contributed by atoms with Crippen LogP contribution in [0.15, 0.2) is 11.4 Å². The molecule has 0 aliphatic carbocycles. The van der Waals surface area contributed by atoms with E-state index in [4.69, 9.17) is 9.84 Å². The maximum Gasteiger partial charge on any atom is 0.341 e. The molecular weight excluding hydrogens is 306 g/mol. The third-order valence-electron chi connectivity index (χ3n) is 2.21. The molecule has 20 heavy (non-hydrogen) atoms. The van der Waals surface area contributed by atoms with Crippen molar-refractivity contribution in [2.75, 3.05) is 17.1 Å². The Balaban J connectivity index is 2.70. The summed E-state index contributed by atoms with van der Waals surface area (Å²) in [5, 5.41) is 10.2. The van der Waals surface area contributed by atoms with Gasteiger partial charge in [-0.3, -0.25) is 9.52 Å². The van der Waals surface area contributed by atoms with E-state index < -0.39 is 22.0 Å². The van der Waals surface area contributed by atoms with Crippen molar-refractivity contribution in [2.45, 2.75) is 19.8 Å². The van der Waals surface area contributed by atoms with Gasteiger partial charge in [0.05, 0.1) is 17.9 Å². The number of carbonyl (C=O) groups is 2. The zero-order chi connectivity index (χ0) is 15.2. The standard InChI is InChI=1S/C11H15NO6S2/c1-2-18-11(15)8-5-6-19-10(8)12-20(16,17)7-3-4-9(13)14/h5-6,12H,2-4,7H2,1H3,(H,13,14). The summed E-state index contributed by atoms with van der Waals surface area (Å²) in [7, 11) is -3.68. The highest BCUT2D eigenvalue weighted by Crippen LogP contribution is 2.25. The summed E-state index contributed by atoms with van der Waals surface area (Å²) in [6.07, 6.45) is -0.221. The van der Waals surface area contributed by atoms with Gasteiger partial charge in [0, 0.05) is 6.42 Å². The highest BCUT2D eigenvalue weighted by molar-refractivity contribution is 7.92. The Morgan fingerprint density at radius 1 is 1.45 bits per heavy atom. The maximum absolute atomic E-state index is 11.8. The van der Waals surface area contributed by atoms with Gasteiger partial charge in [-0.15, -0.1) is 11.3 Å². The van der Waals surface area contributed by atoms with Crippen LogP contribution in [0.3, 0.4) is 0 Å². The minimum absolute atomic E-state index is 0.00474. The Labute approximate surface area is 120 Å². The molecule has 0 aliphatic rings. The molecule has 112 valence electrons. The number of sulfonamides is 1. The minimum Gasteiger partial charge on any atom is -0.481 e. The van der Waals surface area contributed by atoms with Gasteiger partial charge in [-0.25, -0.2) is 13.2 Å². The molecule has 1 aromatic heterocycles. The summed E-state index contributed by atoms with van der Waals surface area (Å²) < 4.78 is 30.6. The topological polar surface area (TPSA) is 110 Å². The minimum atomic E-state index is -3.68. The van der Waals surface area contributed by atoms with Gasteiger partial charge in [0.2, 0.25) is 10.0 Å². The van der Waals surface area contributed by atoms with E-state index in [9.17, 15) is 18.0 Å². The number of rotatable bonds is 8. The summed E-state index contributed by atoms with van der Waals surface area (Å²) in [5.41, 5.74) is 0.152. The number of esters is 1. The van der Waals surface area contributed by atoms with Crippen molar-refractivity contribution in [2.24, 2.45) is 0 Å². The Hall–Kier alpha value is -1.61. The van der Waals surface area contributed by atoms with Gasteiger partial charge in [-0.2, -0.15) is 0 Å². The lowest BCUT2D eigenvalue weighted by Crippen LogP contribution is -2.18. The molecule has 0 aromatic carbocycles. The van der Waals surface area contributed by atoms with Crippen LogP contribution < -0.4 is 4.72 Å². The SMILES string of the molecule is CCOC(=O)c1ccsc1NS(=O)(=O)CCCC(=O)O. The summed E-state index contributed by atoms with van der Waals surface area (Å²) in [6.45, 7) is 1.85. The van der Waals surface area contributed by atoms with Crippen molar-refractivity contribution in [1.29, 1.82) is 0 Å². The van der Waals surface area contributed by atoms with E-state index in [0.717, 1.165) is 11.3 Å². The van der Waals surface area contributed by atoms with Crippen LogP contribution in [0.4, 0.5) is 5.00 Å². The molecular formula is C11H15NO6S2. The molecule has 0 saturated carbocycles. The molecule has 0 atom stereocenters. The van der Waals surface area contributed by atoms with Gasteiger partial charge in [0.1, 0.15) is 5.00 Å². The lowest BCUT2D eigenvalue weighted by atomic mass is 10.3. The summed E-state index contributed by atoms with van der Waals surface area (Å²) in [4.78, 5) is 21.9. The normalized spacial score (nSPS) is 11.1. The van der Waals surface area contributed by atoms with E-state index >= 15 is 0 Å². The number of thiophene rings is 1. The third kappa shape index (κ3) is 5.17. The largest absolute Gasteiger partial charge is 0.481 e. The van der Waals surface area contributed by atoms with Crippen LogP contribution in [-0.2, 0) is 19.6 Å². The number of hydrogen-bond donors (Lipinski definition) is 2. The van der Waals surface area contributed by atoms with E-state index in [-0.39, 0.29) is 35.8 Å². The molecule has 1 rings (SSSR count). The molecule has 0 spiro atoms. The van der Waals surface area contributed by atoms with E-state index in [1.54, 1.807) is 12.3 Å². The number of nitrogens with one attached hydrogen (secondary N) is 1. The fourth-order valence-electron chi connectivity index (χ4n) is 1.36. The summed E-state index contributed by atoms with van der Waals surface area (Å²) >= 11 is 1.06. The molecule has 1 heterocycles. The monoisotopic (exact) mass is 321 g/mol. The van der Waals surface area contributed by atoms with Crippen LogP contribution in [0.5, 0.6) is 0 Å². The number of carboxylic acid groups (broad SMARTS) is 1. The van der Waals surface area contributed by atoms with E-state index in [1.807, 2.05) is 0 Å². The Bertz CT molecular complexity index is 577. The second-order valence-electron chi connectivity index (χ2n) is 3.80. The maximum atomic E-state index is 11.8. The van der Waals surface area contributed by atoms with E-state index in [1.165, 1.54) is 6.07 Å². The van der Waals surface area contributed by atoms with E-state index in [2.05, 4.69) is 4.72 Å². The fraction of sp³-hybridized carbons (Fsp3) is 0.455. The average molecular weight is 321 g/mol. The van der Waals surface area contributed by atoms with Gasteiger partial charge in [-0.1, -0.05) is 0 Å². The highest BCUT2D eigenvalue weighted by atomic mass is 32.2. The molecule has 0 aliphatic heterocycles. The Morgan fingerprint density at radius 2 is 2.15 bits per heavy atom. The first-order valence-corrected chi connectivity index (χ1v) is 8.36. The van der Waals surface area contributed by atoms with Crippen molar-refractivity contribution < 1.29 is 27.9 Å². The number of carboxylic acids is 1. The highest BCUT2D eigenvalue weighted by Gasteiger charge is 2.19. The number of ether oxygens (including phenoxy) is 1. The van der Waals surface area contributed by atoms with Crippen LogP contribution in [-0.4, -0.2) is 37.8 Å². The van der Waals surface area contributed by atoms with Gasteiger partial charge in [-0.05, 0) is 24.8 Å². The van der Waals surface area contributed by atoms with Gasteiger partial charge < -0.3 is 9.84 Å². The predicted octanol–water partition coefficient (Wildman–Crippen LogP) is 1.53.